The van der Waals surface area contributed by atoms with Crippen molar-refractivity contribution in [3.63, 3.8) is 0 Å². The van der Waals surface area contributed by atoms with E-state index in [0.717, 1.165) is 0 Å². The Balaban J connectivity index is 3.21. The van der Waals surface area contributed by atoms with Crippen LogP contribution in [0.15, 0.2) is 6.20 Å². The van der Waals surface area contributed by atoms with Crippen LogP contribution in [0.1, 0.15) is 11.3 Å². The molecule has 0 aliphatic rings. The first-order chi connectivity index (χ1) is 7.39. The molecule has 0 spiro atoms. The highest BCUT2D eigenvalue weighted by atomic mass is 127. The molecular weight excluding hydrogens is 340 g/mol. The number of hydrogen-bond donors (Lipinski definition) is 2. The maximum atomic E-state index is 12.1. The van der Waals surface area contributed by atoms with Gasteiger partial charge in [0.05, 0.1) is 10.2 Å². The third-order valence-electron chi connectivity index (χ3n) is 1.71. The number of halogens is 4. The predicted molar refractivity (Wildman–Crippen MR) is 57.5 cm³/mol. The summed E-state index contributed by atoms with van der Waals surface area (Å²) >= 11 is 1.67. The van der Waals surface area contributed by atoms with Gasteiger partial charge < -0.3 is 15.6 Å². The summed E-state index contributed by atoms with van der Waals surface area (Å²) in [5.74, 6) is -0.487. The summed E-state index contributed by atoms with van der Waals surface area (Å²) in [5, 5.41) is 8.86. The van der Waals surface area contributed by atoms with Gasteiger partial charge >= 0.3 is 6.36 Å². The summed E-state index contributed by atoms with van der Waals surface area (Å²) in [5.41, 5.74) is 5.59. The molecule has 3 N–H and O–H groups in total. The number of hydrogen-bond acceptors (Lipinski definition) is 4. The zero-order valence-electron chi connectivity index (χ0n) is 7.88. The molecule has 0 amide bonds. The average Bonchev–Trinajstić information content (AvgIpc) is 2.19. The van der Waals surface area contributed by atoms with Crippen molar-refractivity contribution in [3.05, 3.63) is 21.0 Å². The molecule has 1 heterocycles. The van der Waals surface area contributed by atoms with Crippen molar-refractivity contribution in [2.75, 3.05) is 0 Å². The fourth-order valence-corrected chi connectivity index (χ4v) is 1.80. The SMILES string of the molecule is NCc1cnc(CO)c(OC(F)(F)F)c1I. The Morgan fingerprint density at radius 2 is 2.12 bits per heavy atom. The largest absolute Gasteiger partial charge is 0.573 e. The number of alkyl halides is 3. The number of rotatable bonds is 3. The molecule has 0 aliphatic carbocycles. The van der Waals surface area contributed by atoms with Crippen molar-refractivity contribution in [1.29, 1.82) is 0 Å². The van der Waals surface area contributed by atoms with Gasteiger partial charge in [-0.25, -0.2) is 0 Å². The van der Waals surface area contributed by atoms with E-state index in [0.29, 0.717) is 5.56 Å². The van der Waals surface area contributed by atoms with Crippen LogP contribution in [0.5, 0.6) is 5.75 Å². The van der Waals surface area contributed by atoms with Crippen molar-refractivity contribution >= 4 is 22.6 Å². The molecular formula is C8H8F3IN2O2. The highest BCUT2D eigenvalue weighted by Crippen LogP contribution is 2.32. The van der Waals surface area contributed by atoms with E-state index in [4.69, 9.17) is 10.8 Å². The molecule has 0 saturated heterocycles. The van der Waals surface area contributed by atoms with Gasteiger partial charge in [-0.2, -0.15) is 0 Å². The summed E-state index contributed by atoms with van der Waals surface area (Å²) in [6, 6.07) is 0. The molecule has 8 heteroatoms. The molecule has 0 aliphatic heterocycles. The number of pyridine rings is 1. The summed E-state index contributed by atoms with van der Waals surface area (Å²) in [6.45, 7) is -0.586. The topological polar surface area (TPSA) is 68.4 Å². The molecule has 0 unspecified atom stereocenters. The number of nitrogens with zero attached hydrogens (tertiary/aromatic N) is 1. The lowest BCUT2D eigenvalue weighted by molar-refractivity contribution is -0.275. The molecule has 1 aromatic heterocycles. The number of aromatic nitrogens is 1. The van der Waals surface area contributed by atoms with E-state index < -0.39 is 18.7 Å². The van der Waals surface area contributed by atoms with Gasteiger partial charge in [0.25, 0.3) is 0 Å². The first-order valence-electron chi connectivity index (χ1n) is 4.12. The third kappa shape index (κ3) is 3.19. The highest BCUT2D eigenvalue weighted by Gasteiger charge is 2.33. The molecule has 0 bridgehead atoms. The van der Waals surface area contributed by atoms with Crippen molar-refractivity contribution in [2.45, 2.75) is 19.5 Å². The van der Waals surface area contributed by atoms with Crippen LogP contribution in [0.25, 0.3) is 0 Å². The summed E-state index contributed by atoms with van der Waals surface area (Å²) < 4.78 is 40.3. The Bertz CT molecular complexity index is 384. The van der Waals surface area contributed by atoms with Crippen LogP contribution in [-0.4, -0.2) is 16.5 Å². The molecule has 4 nitrogen and oxygen atoms in total. The normalized spacial score (nSPS) is 11.6. The maximum Gasteiger partial charge on any atom is 0.573 e. The van der Waals surface area contributed by atoms with Crippen LogP contribution in [0.4, 0.5) is 13.2 Å². The second-order valence-electron chi connectivity index (χ2n) is 2.78. The number of nitrogens with two attached hydrogens (primary N) is 1. The lowest BCUT2D eigenvalue weighted by atomic mass is 10.2. The Labute approximate surface area is 103 Å². The molecule has 0 fully saturated rings. The predicted octanol–water partition coefficient (Wildman–Crippen LogP) is 1.54. The fourth-order valence-electron chi connectivity index (χ4n) is 1.02. The molecule has 1 aromatic rings. The highest BCUT2D eigenvalue weighted by molar-refractivity contribution is 14.1. The zero-order valence-corrected chi connectivity index (χ0v) is 10.0. The molecule has 0 aromatic carbocycles. The monoisotopic (exact) mass is 348 g/mol. The van der Waals surface area contributed by atoms with E-state index in [1.165, 1.54) is 6.20 Å². The Morgan fingerprint density at radius 3 is 2.56 bits per heavy atom. The lowest BCUT2D eigenvalue weighted by Crippen LogP contribution is -2.20. The van der Waals surface area contributed by atoms with E-state index in [1.54, 1.807) is 22.6 Å². The first-order valence-corrected chi connectivity index (χ1v) is 5.19. The molecule has 0 saturated carbocycles. The summed E-state index contributed by atoms with van der Waals surface area (Å²) in [6.07, 6.45) is -3.50. The smallest absolute Gasteiger partial charge is 0.403 e. The quantitative estimate of drug-likeness (QED) is 0.814. The standard InChI is InChI=1S/C8H8F3IN2O2/c9-8(10,11)16-7-5(3-15)14-2-4(1-13)6(7)12/h2,15H,1,3,13H2. The van der Waals surface area contributed by atoms with Crippen LogP contribution in [0.3, 0.4) is 0 Å². The summed E-state index contributed by atoms with van der Waals surface area (Å²) in [4.78, 5) is 3.65. The van der Waals surface area contributed by atoms with E-state index in [-0.39, 0.29) is 15.8 Å². The molecule has 16 heavy (non-hydrogen) atoms. The molecule has 0 radical (unpaired) electrons. The van der Waals surface area contributed by atoms with Crippen molar-refractivity contribution in [2.24, 2.45) is 5.73 Å². The van der Waals surface area contributed by atoms with Gasteiger partial charge in [-0.1, -0.05) is 0 Å². The Morgan fingerprint density at radius 1 is 1.50 bits per heavy atom. The second kappa shape index (κ2) is 5.15. The molecule has 90 valence electrons. The van der Waals surface area contributed by atoms with Crippen molar-refractivity contribution in [3.8, 4) is 5.75 Å². The van der Waals surface area contributed by atoms with Gasteiger partial charge in [-0.05, 0) is 22.6 Å². The first kappa shape index (κ1) is 13.5. The van der Waals surface area contributed by atoms with Gasteiger partial charge in [-0.15, -0.1) is 13.2 Å². The van der Waals surface area contributed by atoms with Crippen LogP contribution in [-0.2, 0) is 13.2 Å². The number of ether oxygens (including phenoxy) is 1. The average molecular weight is 348 g/mol. The number of aliphatic hydroxyl groups is 1. The zero-order chi connectivity index (χ0) is 12.3. The number of aliphatic hydroxyl groups excluding tert-OH is 1. The fraction of sp³-hybridized carbons (Fsp3) is 0.375. The van der Waals surface area contributed by atoms with E-state index >= 15 is 0 Å². The minimum Gasteiger partial charge on any atom is -0.403 e. The van der Waals surface area contributed by atoms with Crippen molar-refractivity contribution in [1.82, 2.24) is 4.98 Å². The van der Waals surface area contributed by atoms with Crippen LogP contribution in [0, 0.1) is 3.57 Å². The summed E-state index contributed by atoms with van der Waals surface area (Å²) in [7, 11) is 0. The van der Waals surface area contributed by atoms with Gasteiger partial charge in [0.1, 0.15) is 5.69 Å². The van der Waals surface area contributed by atoms with E-state index in [9.17, 15) is 13.2 Å². The van der Waals surface area contributed by atoms with Gasteiger partial charge in [0.15, 0.2) is 5.75 Å². The van der Waals surface area contributed by atoms with Crippen LogP contribution in [0.2, 0.25) is 0 Å². The van der Waals surface area contributed by atoms with Crippen molar-refractivity contribution < 1.29 is 23.0 Å². The Kier molecular flexibility index (Phi) is 4.33. The minimum atomic E-state index is -4.82. The van der Waals surface area contributed by atoms with E-state index in [2.05, 4.69) is 9.72 Å². The van der Waals surface area contributed by atoms with Crippen LogP contribution < -0.4 is 10.5 Å². The molecule has 1 rings (SSSR count). The second-order valence-corrected chi connectivity index (χ2v) is 3.86. The minimum absolute atomic E-state index is 0.0468. The van der Waals surface area contributed by atoms with Gasteiger partial charge in [0.2, 0.25) is 0 Å². The Hall–Kier alpha value is -0.610. The van der Waals surface area contributed by atoms with Gasteiger partial charge in [0, 0.05) is 18.3 Å². The van der Waals surface area contributed by atoms with Crippen LogP contribution >= 0.6 is 22.6 Å². The van der Waals surface area contributed by atoms with E-state index in [1.807, 2.05) is 0 Å². The third-order valence-corrected chi connectivity index (χ3v) is 2.89. The van der Waals surface area contributed by atoms with Gasteiger partial charge in [-0.3, -0.25) is 4.98 Å². The maximum absolute atomic E-state index is 12.1. The molecule has 0 atom stereocenters. The lowest BCUT2D eigenvalue weighted by Gasteiger charge is -2.14.